The van der Waals surface area contributed by atoms with Crippen molar-refractivity contribution in [3.63, 3.8) is 0 Å². The number of carbonyl (C=O) groups is 1. The Labute approximate surface area is 92.8 Å². The summed E-state index contributed by atoms with van der Waals surface area (Å²) in [5, 5.41) is 5.26. The minimum absolute atomic E-state index is 0.179. The van der Waals surface area contributed by atoms with Crippen molar-refractivity contribution in [2.24, 2.45) is 0 Å². The van der Waals surface area contributed by atoms with E-state index in [9.17, 15) is 13.6 Å². The van der Waals surface area contributed by atoms with E-state index in [1.54, 1.807) is 24.3 Å². The molecule has 88 valence electrons. The number of para-hydroxylation sites is 1. The Hall–Kier alpha value is -1.49. The number of amides is 1. The fraction of sp³-hybridized carbons (Fsp3) is 0.364. The van der Waals surface area contributed by atoms with Crippen molar-refractivity contribution in [2.75, 3.05) is 11.9 Å². The smallest absolute Gasteiger partial charge is 0.250 e. The second kappa shape index (κ2) is 6.17. The molecule has 0 aliphatic carbocycles. The molecule has 1 aromatic rings. The largest absolute Gasteiger partial charge is 0.326 e. The molecule has 0 spiro atoms. The Bertz CT molecular complexity index is 356. The van der Waals surface area contributed by atoms with Gasteiger partial charge in [-0.2, -0.15) is 0 Å². The highest BCUT2D eigenvalue weighted by Gasteiger charge is 2.05. The van der Waals surface area contributed by atoms with Gasteiger partial charge in [0.1, 0.15) is 0 Å². The summed E-state index contributed by atoms with van der Waals surface area (Å²) >= 11 is 0. The number of hydrogen-bond acceptors (Lipinski definition) is 2. The average Bonchev–Trinajstić information content (AvgIpc) is 2.19. The lowest BCUT2D eigenvalue weighted by Gasteiger charge is -2.10. The lowest BCUT2D eigenvalue weighted by molar-refractivity contribution is -0.114. The van der Waals surface area contributed by atoms with Crippen LogP contribution >= 0.6 is 0 Å². The molecule has 0 aromatic heterocycles. The normalized spacial score (nSPS) is 10.5. The monoisotopic (exact) mass is 228 g/mol. The molecular formula is C11H14F2N2O. The van der Waals surface area contributed by atoms with Crippen LogP contribution in [0.2, 0.25) is 0 Å². The molecule has 0 aliphatic rings. The topological polar surface area (TPSA) is 41.1 Å². The molecule has 0 fully saturated rings. The highest BCUT2D eigenvalue weighted by Crippen LogP contribution is 2.14. The minimum atomic E-state index is -2.37. The van der Waals surface area contributed by atoms with Crippen LogP contribution < -0.4 is 10.6 Å². The summed E-state index contributed by atoms with van der Waals surface area (Å²) in [6, 6.07) is 7.09. The van der Waals surface area contributed by atoms with Gasteiger partial charge < -0.3 is 10.6 Å². The Kier molecular flexibility index (Phi) is 4.85. The Balaban J connectivity index is 2.60. The van der Waals surface area contributed by atoms with Crippen LogP contribution in [0.3, 0.4) is 0 Å². The second-order valence-corrected chi connectivity index (χ2v) is 3.36. The lowest BCUT2D eigenvalue weighted by atomic mass is 10.1. The van der Waals surface area contributed by atoms with Gasteiger partial charge in [0.2, 0.25) is 5.91 Å². The Morgan fingerprint density at radius 2 is 2.06 bits per heavy atom. The van der Waals surface area contributed by atoms with Crippen molar-refractivity contribution in [1.29, 1.82) is 0 Å². The molecule has 2 N–H and O–H groups in total. The van der Waals surface area contributed by atoms with Crippen molar-refractivity contribution < 1.29 is 13.6 Å². The van der Waals surface area contributed by atoms with Gasteiger partial charge in [0.15, 0.2) is 0 Å². The van der Waals surface area contributed by atoms with E-state index in [4.69, 9.17) is 0 Å². The van der Waals surface area contributed by atoms with E-state index in [0.29, 0.717) is 12.2 Å². The third kappa shape index (κ3) is 4.35. The number of hydrogen-bond donors (Lipinski definition) is 2. The fourth-order valence-corrected chi connectivity index (χ4v) is 1.30. The Morgan fingerprint density at radius 1 is 1.38 bits per heavy atom. The first-order valence-electron chi connectivity index (χ1n) is 4.94. The van der Waals surface area contributed by atoms with Crippen molar-refractivity contribution in [1.82, 2.24) is 5.32 Å². The molecule has 0 atom stereocenters. The highest BCUT2D eigenvalue weighted by atomic mass is 19.3. The number of nitrogens with one attached hydrogen (secondary N) is 2. The van der Waals surface area contributed by atoms with Gasteiger partial charge in [-0.05, 0) is 11.6 Å². The first-order chi connectivity index (χ1) is 7.59. The molecule has 0 heterocycles. The number of benzene rings is 1. The van der Waals surface area contributed by atoms with Crippen LogP contribution in [0, 0.1) is 0 Å². The summed E-state index contributed by atoms with van der Waals surface area (Å²) in [5.74, 6) is -0.179. The SMILES string of the molecule is CC(=O)Nc1ccccc1CNCC(F)F. The summed E-state index contributed by atoms with van der Waals surface area (Å²) in [5.41, 5.74) is 1.44. The molecule has 1 aromatic carbocycles. The van der Waals surface area contributed by atoms with E-state index in [1.807, 2.05) is 0 Å². The standard InChI is InChI=1S/C11H14F2N2O/c1-8(16)15-10-5-3-2-4-9(10)6-14-7-11(12)13/h2-5,11,14H,6-7H2,1H3,(H,15,16). The third-order valence-electron chi connectivity index (χ3n) is 1.94. The first kappa shape index (κ1) is 12.6. The first-order valence-corrected chi connectivity index (χ1v) is 4.94. The molecule has 0 saturated heterocycles. The van der Waals surface area contributed by atoms with E-state index in [0.717, 1.165) is 5.56 Å². The summed E-state index contributed by atoms with van der Waals surface area (Å²) in [4.78, 5) is 10.9. The van der Waals surface area contributed by atoms with Crippen molar-refractivity contribution in [2.45, 2.75) is 19.9 Å². The van der Waals surface area contributed by atoms with Crippen LogP contribution in [0.5, 0.6) is 0 Å². The number of carbonyl (C=O) groups excluding carboxylic acids is 1. The zero-order valence-corrected chi connectivity index (χ0v) is 8.97. The zero-order valence-electron chi connectivity index (χ0n) is 8.97. The number of halogens is 2. The predicted molar refractivity (Wildman–Crippen MR) is 58.5 cm³/mol. The molecule has 5 heteroatoms. The van der Waals surface area contributed by atoms with Gasteiger partial charge >= 0.3 is 0 Å². The molecule has 3 nitrogen and oxygen atoms in total. The second-order valence-electron chi connectivity index (χ2n) is 3.36. The molecule has 1 rings (SSSR count). The quantitative estimate of drug-likeness (QED) is 0.809. The summed E-state index contributed by atoms with van der Waals surface area (Å²) in [7, 11) is 0. The molecule has 0 unspecified atom stereocenters. The van der Waals surface area contributed by atoms with E-state index in [1.165, 1.54) is 6.92 Å². The third-order valence-corrected chi connectivity index (χ3v) is 1.94. The Morgan fingerprint density at radius 3 is 2.69 bits per heavy atom. The van der Waals surface area contributed by atoms with Crippen LogP contribution in [-0.2, 0) is 11.3 Å². The van der Waals surface area contributed by atoms with E-state index in [-0.39, 0.29) is 12.5 Å². The van der Waals surface area contributed by atoms with Gasteiger partial charge in [0.05, 0.1) is 6.54 Å². The van der Waals surface area contributed by atoms with Gasteiger partial charge in [-0.25, -0.2) is 8.78 Å². The van der Waals surface area contributed by atoms with Gasteiger partial charge in [0.25, 0.3) is 6.43 Å². The fourth-order valence-electron chi connectivity index (χ4n) is 1.30. The van der Waals surface area contributed by atoms with E-state index < -0.39 is 6.43 Å². The number of rotatable bonds is 5. The lowest BCUT2D eigenvalue weighted by Crippen LogP contribution is -2.21. The van der Waals surface area contributed by atoms with E-state index >= 15 is 0 Å². The van der Waals surface area contributed by atoms with Crippen LogP contribution in [0.15, 0.2) is 24.3 Å². The van der Waals surface area contributed by atoms with Gasteiger partial charge in [-0.3, -0.25) is 4.79 Å². The van der Waals surface area contributed by atoms with Gasteiger partial charge in [0, 0.05) is 19.2 Å². The molecule has 1 amide bonds. The maximum absolute atomic E-state index is 11.9. The van der Waals surface area contributed by atoms with Crippen LogP contribution in [0.4, 0.5) is 14.5 Å². The predicted octanol–water partition coefficient (Wildman–Crippen LogP) is 2.00. The van der Waals surface area contributed by atoms with Crippen molar-refractivity contribution in [3.05, 3.63) is 29.8 Å². The molecule has 0 bridgehead atoms. The van der Waals surface area contributed by atoms with Crippen molar-refractivity contribution >= 4 is 11.6 Å². The molecule has 16 heavy (non-hydrogen) atoms. The van der Waals surface area contributed by atoms with Crippen LogP contribution in [0.25, 0.3) is 0 Å². The average molecular weight is 228 g/mol. The van der Waals surface area contributed by atoms with Crippen LogP contribution in [0.1, 0.15) is 12.5 Å². The molecule has 0 saturated carbocycles. The molecule has 0 radical (unpaired) electrons. The zero-order chi connectivity index (χ0) is 12.0. The van der Waals surface area contributed by atoms with Crippen molar-refractivity contribution in [3.8, 4) is 0 Å². The minimum Gasteiger partial charge on any atom is -0.326 e. The molecular weight excluding hydrogens is 214 g/mol. The highest BCUT2D eigenvalue weighted by molar-refractivity contribution is 5.89. The summed E-state index contributed by atoms with van der Waals surface area (Å²) in [6.45, 7) is 1.36. The summed E-state index contributed by atoms with van der Waals surface area (Å²) in [6.07, 6.45) is -2.37. The van der Waals surface area contributed by atoms with E-state index in [2.05, 4.69) is 10.6 Å². The molecule has 0 aliphatic heterocycles. The number of alkyl halides is 2. The van der Waals surface area contributed by atoms with Gasteiger partial charge in [-0.1, -0.05) is 18.2 Å². The summed E-state index contributed by atoms with van der Waals surface area (Å²) < 4.78 is 23.8. The maximum atomic E-state index is 11.9. The van der Waals surface area contributed by atoms with Gasteiger partial charge in [-0.15, -0.1) is 0 Å². The number of anilines is 1. The van der Waals surface area contributed by atoms with Crippen LogP contribution in [-0.4, -0.2) is 18.9 Å². The maximum Gasteiger partial charge on any atom is 0.250 e.